The van der Waals surface area contributed by atoms with Crippen molar-refractivity contribution >= 4 is 22.8 Å². The number of aromatic nitrogens is 2. The summed E-state index contributed by atoms with van der Waals surface area (Å²) in [6.45, 7) is 0.590. The van der Waals surface area contributed by atoms with Crippen LogP contribution in [0.1, 0.15) is 12.8 Å². The number of fused-ring (bicyclic) bond motifs is 1. The lowest BCUT2D eigenvalue weighted by Crippen LogP contribution is -2.42. The maximum absolute atomic E-state index is 12.3. The first-order valence-corrected chi connectivity index (χ1v) is 6.59. The summed E-state index contributed by atoms with van der Waals surface area (Å²) in [7, 11) is 0. The van der Waals surface area contributed by atoms with Gasteiger partial charge < -0.3 is 10.0 Å². The van der Waals surface area contributed by atoms with Gasteiger partial charge >= 0.3 is 5.97 Å². The Balaban J connectivity index is 1.80. The SMILES string of the molecule is O=C(O)[C@H]1CCCN1C(=O)Cn1ncc2ccccc21. The van der Waals surface area contributed by atoms with Gasteiger partial charge in [0.05, 0.1) is 11.7 Å². The molecule has 1 amide bonds. The zero-order valence-corrected chi connectivity index (χ0v) is 10.9. The van der Waals surface area contributed by atoms with Crippen molar-refractivity contribution in [2.45, 2.75) is 25.4 Å². The predicted octanol–water partition coefficient (Wildman–Crippen LogP) is 1.11. The molecule has 104 valence electrons. The van der Waals surface area contributed by atoms with E-state index in [2.05, 4.69) is 5.10 Å². The van der Waals surface area contributed by atoms with E-state index in [4.69, 9.17) is 5.11 Å². The number of aliphatic carboxylic acids is 1. The van der Waals surface area contributed by atoms with Crippen molar-refractivity contribution in [3.05, 3.63) is 30.5 Å². The van der Waals surface area contributed by atoms with Crippen LogP contribution in [-0.2, 0) is 16.1 Å². The van der Waals surface area contributed by atoms with E-state index in [1.165, 1.54) is 4.90 Å². The number of carbonyl (C=O) groups is 2. The van der Waals surface area contributed by atoms with Gasteiger partial charge in [0.1, 0.15) is 12.6 Å². The first-order valence-electron chi connectivity index (χ1n) is 6.59. The molecule has 1 fully saturated rings. The Bertz CT molecular complexity index is 664. The highest BCUT2D eigenvalue weighted by Crippen LogP contribution is 2.19. The molecule has 0 radical (unpaired) electrons. The summed E-state index contributed by atoms with van der Waals surface area (Å²) >= 11 is 0. The van der Waals surface area contributed by atoms with E-state index in [0.29, 0.717) is 13.0 Å². The van der Waals surface area contributed by atoms with Crippen LogP contribution in [0.4, 0.5) is 0 Å². The number of nitrogens with zero attached hydrogens (tertiary/aromatic N) is 3. The molecule has 2 heterocycles. The lowest BCUT2D eigenvalue weighted by Gasteiger charge is -2.21. The molecule has 0 unspecified atom stereocenters. The van der Waals surface area contributed by atoms with Crippen LogP contribution in [-0.4, -0.2) is 44.3 Å². The third-order valence-electron chi connectivity index (χ3n) is 3.69. The molecule has 2 aromatic rings. The van der Waals surface area contributed by atoms with Gasteiger partial charge in [-0.2, -0.15) is 5.10 Å². The zero-order chi connectivity index (χ0) is 14.1. The fourth-order valence-electron chi connectivity index (χ4n) is 2.69. The second kappa shape index (κ2) is 4.96. The molecular weight excluding hydrogens is 258 g/mol. The predicted molar refractivity (Wildman–Crippen MR) is 72.1 cm³/mol. The maximum Gasteiger partial charge on any atom is 0.326 e. The largest absolute Gasteiger partial charge is 0.480 e. The summed E-state index contributed by atoms with van der Waals surface area (Å²) in [6, 6.07) is 6.94. The van der Waals surface area contributed by atoms with Crippen LogP contribution >= 0.6 is 0 Å². The molecule has 1 aliphatic heterocycles. The highest BCUT2D eigenvalue weighted by molar-refractivity contribution is 5.85. The number of carboxylic acid groups (broad SMARTS) is 1. The lowest BCUT2D eigenvalue weighted by molar-refractivity contribution is -0.148. The van der Waals surface area contributed by atoms with Gasteiger partial charge in [-0.1, -0.05) is 18.2 Å². The maximum atomic E-state index is 12.3. The fraction of sp³-hybridized carbons (Fsp3) is 0.357. The van der Waals surface area contributed by atoms with Gasteiger partial charge in [-0.05, 0) is 18.9 Å². The number of carbonyl (C=O) groups excluding carboxylic acids is 1. The summed E-state index contributed by atoms with van der Waals surface area (Å²) in [4.78, 5) is 24.8. The van der Waals surface area contributed by atoms with Gasteiger partial charge in [0.2, 0.25) is 5.91 Å². The van der Waals surface area contributed by atoms with E-state index < -0.39 is 12.0 Å². The van der Waals surface area contributed by atoms with Crippen molar-refractivity contribution < 1.29 is 14.7 Å². The molecular formula is C14H15N3O3. The number of para-hydroxylation sites is 1. The van der Waals surface area contributed by atoms with E-state index in [9.17, 15) is 9.59 Å². The summed E-state index contributed by atoms with van der Waals surface area (Å²) in [5.74, 6) is -1.12. The monoisotopic (exact) mass is 273 g/mol. The second-order valence-electron chi connectivity index (χ2n) is 4.94. The van der Waals surface area contributed by atoms with Crippen LogP contribution in [0.3, 0.4) is 0 Å². The Morgan fingerprint density at radius 3 is 2.95 bits per heavy atom. The molecule has 0 saturated carbocycles. The number of rotatable bonds is 3. The van der Waals surface area contributed by atoms with E-state index in [0.717, 1.165) is 17.3 Å². The molecule has 6 heteroatoms. The minimum Gasteiger partial charge on any atom is -0.480 e. The second-order valence-corrected chi connectivity index (χ2v) is 4.94. The molecule has 1 atom stereocenters. The topological polar surface area (TPSA) is 75.4 Å². The minimum absolute atomic E-state index is 0.0806. The highest BCUT2D eigenvalue weighted by Gasteiger charge is 2.33. The summed E-state index contributed by atoms with van der Waals surface area (Å²) in [5, 5.41) is 14.3. The number of carboxylic acids is 1. The zero-order valence-electron chi connectivity index (χ0n) is 10.9. The van der Waals surface area contributed by atoms with Crippen molar-refractivity contribution in [1.82, 2.24) is 14.7 Å². The van der Waals surface area contributed by atoms with Crippen molar-refractivity contribution in [1.29, 1.82) is 0 Å². The molecule has 0 aliphatic carbocycles. The van der Waals surface area contributed by atoms with Gasteiger partial charge in [0.15, 0.2) is 0 Å². The average molecular weight is 273 g/mol. The van der Waals surface area contributed by atoms with Crippen LogP contribution in [0.25, 0.3) is 10.9 Å². The van der Waals surface area contributed by atoms with Crippen LogP contribution in [0.15, 0.2) is 30.5 Å². The number of likely N-dealkylation sites (tertiary alicyclic amines) is 1. The Morgan fingerprint density at radius 1 is 1.35 bits per heavy atom. The normalized spacial score (nSPS) is 18.6. The fourth-order valence-corrected chi connectivity index (χ4v) is 2.69. The molecule has 0 bridgehead atoms. The molecule has 1 aromatic heterocycles. The molecule has 3 rings (SSSR count). The highest BCUT2D eigenvalue weighted by atomic mass is 16.4. The first-order chi connectivity index (χ1) is 9.66. The third kappa shape index (κ3) is 2.13. The van der Waals surface area contributed by atoms with E-state index >= 15 is 0 Å². The molecule has 6 nitrogen and oxygen atoms in total. The molecule has 0 spiro atoms. The lowest BCUT2D eigenvalue weighted by atomic mass is 10.2. The van der Waals surface area contributed by atoms with E-state index in [-0.39, 0.29) is 12.5 Å². The van der Waals surface area contributed by atoms with E-state index in [1.54, 1.807) is 10.9 Å². The van der Waals surface area contributed by atoms with Gasteiger partial charge in [0, 0.05) is 11.9 Å². The molecule has 1 N–H and O–H groups in total. The van der Waals surface area contributed by atoms with Gasteiger partial charge in [-0.3, -0.25) is 9.48 Å². The Morgan fingerprint density at radius 2 is 2.15 bits per heavy atom. The standard InChI is InChI=1S/C14H15N3O3/c18-13(16-7-3-6-12(16)14(19)20)9-17-11-5-2-1-4-10(11)8-15-17/h1-2,4-5,8,12H,3,6-7,9H2,(H,19,20)/t12-/m1/s1. The Labute approximate surface area is 115 Å². The van der Waals surface area contributed by atoms with E-state index in [1.807, 2.05) is 24.3 Å². The molecule has 1 aromatic carbocycles. The summed E-state index contributed by atoms with van der Waals surface area (Å²) < 4.78 is 1.62. The summed E-state index contributed by atoms with van der Waals surface area (Å²) in [6.07, 6.45) is 2.98. The van der Waals surface area contributed by atoms with Crippen LogP contribution in [0.5, 0.6) is 0 Å². The quantitative estimate of drug-likeness (QED) is 0.909. The molecule has 20 heavy (non-hydrogen) atoms. The van der Waals surface area contributed by atoms with Crippen LogP contribution in [0, 0.1) is 0 Å². The van der Waals surface area contributed by atoms with Crippen LogP contribution in [0.2, 0.25) is 0 Å². The Kier molecular flexibility index (Phi) is 3.14. The number of hydrogen-bond acceptors (Lipinski definition) is 3. The molecule has 1 aliphatic rings. The van der Waals surface area contributed by atoms with Crippen molar-refractivity contribution in [2.24, 2.45) is 0 Å². The smallest absolute Gasteiger partial charge is 0.326 e. The van der Waals surface area contributed by atoms with Gasteiger partial charge in [-0.25, -0.2) is 4.79 Å². The minimum atomic E-state index is -0.929. The average Bonchev–Trinajstić information content (AvgIpc) is 3.06. The van der Waals surface area contributed by atoms with Crippen molar-refractivity contribution in [3.8, 4) is 0 Å². The Hall–Kier alpha value is -2.37. The van der Waals surface area contributed by atoms with Crippen LogP contribution < -0.4 is 0 Å². The third-order valence-corrected chi connectivity index (χ3v) is 3.69. The van der Waals surface area contributed by atoms with Gasteiger partial charge in [-0.15, -0.1) is 0 Å². The van der Waals surface area contributed by atoms with Gasteiger partial charge in [0.25, 0.3) is 0 Å². The number of amides is 1. The molecule has 1 saturated heterocycles. The van der Waals surface area contributed by atoms with Crippen molar-refractivity contribution in [2.75, 3.05) is 6.54 Å². The van der Waals surface area contributed by atoms with Crippen molar-refractivity contribution in [3.63, 3.8) is 0 Å². The number of benzene rings is 1. The summed E-state index contributed by atoms with van der Waals surface area (Å²) in [5.41, 5.74) is 0.881. The first kappa shape index (κ1) is 12.7. The number of hydrogen-bond donors (Lipinski definition) is 1.